The van der Waals surface area contributed by atoms with Crippen molar-refractivity contribution >= 4 is 43.3 Å². The highest BCUT2D eigenvalue weighted by atomic mass is 79.9. The van der Waals surface area contributed by atoms with E-state index < -0.39 is 5.97 Å². The van der Waals surface area contributed by atoms with Gasteiger partial charge in [0.25, 0.3) is 0 Å². The molecule has 1 heterocycles. The summed E-state index contributed by atoms with van der Waals surface area (Å²) in [6, 6.07) is 5.48. The van der Waals surface area contributed by atoms with Crippen LogP contribution in [0.1, 0.15) is 9.67 Å². The summed E-state index contributed by atoms with van der Waals surface area (Å²) in [5.41, 5.74) is 0. The van der Waals surface area contributed by atoms with Crippen LogP contribution in [0.3, 0.4) is 0 Å². The summed E-state index contributed by atoms with van der Waals surface area (Å²) < 4.78 is 6.29. The number of aromatic hydroxyl groups is 1. The number of rotatable bonds is 1. The predicted octanol–water partition coefficient (Wildman–Crippen LogP) is 3.16. The smallest absolute Gasteiger partial charge is 0.351 e. The van der Waals surface area contributed by atoms with E-state index in [9.17, 15) is 9.90 Å². The van der Waals surface area contributed by atoms with Gasteiger partial charge in [-0.05, 0) is 18.2 Å². The zero-order chi connectivity index (χ0) is 11.0. The van der Waals surface area contributed by atoms with Crippen molar-refractivity contribution in [3.05, 3.63) is 27.5 Å². The van der Waals surface area contributed by atoms with Gasteiger partial charge in [0.2, 0.25) is 0 Å². The quantitative estimate of drug-likeness (QED) is 0.819. The van der Waals surface area contributed by atoms with Gasteiger partial charge in [-0.1, -0.05) is 15.9 Å². The van der Waals surface area contributed by atoms with E-state index in [-0.39, 0.29) is 10.6 Å². The molecule has 1 aromatic heterocycles. The van der Waals surface area contributed by atoms with Crippen LogP contribution in [0.5, 0.6) is 5.75 Å². The molecule has 3 nitrogen and oxygen atoms in total. The van der Waals surface area contributed by atoms with E-state index in [2.05, 4.69) is 20.7 Å². The lowest BCUT2D eigenvalue weighted by Crippen LogP contribution is -1.97. The van der Waals surface area contributed by atoms with Crippen molar-refractivity contribution in [2.75, 3.05) is 7.11 Å². The van der Waals surface area contributed by atoms with Gasteiger partial charge < -0.3 is 9.84 Å². The molecule has 0 spiro atoms. The molecule has 0 unspecified atom stereocenters. The largest absolute Gasteiger partial charge is 0.505 e. The predicted molar refractivity (Wildman–Crippen MR) is 62.5 cm³/mol. The normalized spacial score (nSPS) is 10.5. The van der Waals surface area contributed by atoms with E-state index >= 15 is 0 Å². The minimum Gasteiger partial charge on any atom is -0.505 e. The molecule has 0 aliphatic rings. The summed E-state index contributed by atoms with van der Waals surface area (Å²) in [5, 5.41) is 10.5. The van der Waals surface area contributed by atoms with Crippen molar-refractivity contribution in [2.45, 2.75) is 0 Å². The van der Waals surface area contributed by atoms with Crippen molar-refractivity contribution in [2.24, 2.45) is 0 Å². The second-order valence-corrected chi connectivity index (χ2v) is 4.88. The maximum Gasteiger partial charge on any atom is 0.351 e. The molecule has 5 heteroatoms. The number of hydrogen-bond donors (Lipinski definition) is 1. The first-order valence-electron chi connectivity index (χ1n) is 4.13. The molecule has 0 bridgehead atoms. The second-order valence-electron chi connectivity index (χ2n) is 2.91. The fourth-order valence-electron chi connectivity index (χ4n) is 1.29. The Balaban J connectivity index is 2.69. The summed E-state index contributed by atoms with van der Waals surface area (Å²) >= 11 is 4.53. The number of ether oxygens (including phenoxy) is 1. The van der Waals surface area contributed by atoms with Crippen LogP contribution in [0.2, 0.25) is 0 Å². The second kappa shape index (κ2) is 3.83. The first-order valence-corrected chi connectivity index (χ1v) is 5.73. The average molecular weight is 287 g/mol. The van der Waals surface area contributed by atoms with E-state index in [1.807, 2.05) is 12.1 Å². The van der Waals surface area contributed by atoms with E-state index in [0.717, 1.165) is 9.17 Å². The molecule has 2 aromatic rings. The number of fused-ring (bicyclic) bond motifs is 1. The van der Waals surface area contributed by atoms with Crippen molar-refractivity contribution in [3.63, 3.8) is 0 Å². The van der Waals surface area contributed by atoms with Gasteiger partial charge in [-0.25, -0.2) is 4.79 Å². The summed E-state index contributed by atoms with van der Waals surface area (Å²) in [5.74, 6) is -0.520. The average Bonchev–Trinajstić information content (AvgIpc) is 2.55. The monoisotopic (exact) mass is 286 g/mol. The lowest BCUT2D eigenvalue weighted by Gasteiger charge is -1.95. The Morgan fingerprint density at radius 1 is 1.53 bits per heavy atom. The van der Waals surface area contributed by atoms with E-state index in [1.165, 1.54) is 18.4 Å². The molecule has 0 saturated heterocycles. The van der Waals surface area contributed by atoms with Gasteiger partial charge in [0.15, 0.2) is 4.88 Å². The van der Waals surface area contributed by atoms with Crippen LogP contribution in [0.25, 0.3) is 10.1 Å². The fraction of sp³-hybridized carbons (Fsp3) is 0.100. The molecular formula is C10H7BrO3S. The minimum atomic E-state index is -0.509. The van der Waals surface area contributed by atoms with Crippen molar-refractivity contribution in [1.82, 2.24) is 0 Å². The van der Waals surface area contributed by atoms with Gasteiger partial charge in [0, 0.05) is 14.6 Å². The first-order chi connectivity index (χ1) is 7.13. The number of methoxy groups -OCH3 is 1. The topological polar surface area (TPSA) is 46.5 Å². The standard InChI is InChI=1S/C10H7BrO3S/c1-14-10(13)9-8(12)6-4-5(11)2-3-7(6)15-9/h2-4,12H,1H3. The van der Waals surface area contributed by atoms with Crippen LogP contribution in [0.4, 0.5) is 0 Å². The van der Waals surface area contributed by atoms with Gasteiger partial charge in [-0.2, -0.15) is 0 Å². The van der Waals surface area contributed by atoms with Gasteiger partial charge >= 0.3 is 5.97 Å². The Bertz CT molecular complexity index is 533. The van der Waals surface area contributed by atoms with Crippen LogP contribution in [-0.2, 0) is 4.74 Å². The van der Waals surface area contributed by atoms with E-state index in [4.69, 9.17) is 0 Å². The summed E-state index contributed by atoms with van der Waals surface area (Å²) in [7, 11) is 1.29. The maximum atomic E-state index is 11.3. The maximum absolute atomic E-state index is 11.3. The van der Waals surface area contributed by atoms with Gasteiger partial charge in [0.1, 0.15) is 5.75 Å². The van der Waals surface area contributed by atoms with Crippen LogP contribution >= 0.6 is 27.3 Å². The third-order valence-electron chi connectivity index (χ3n) is 1.99. The van der Waals surface area contributed by atoms with Gasteiger partial charge in [0.05, 0.1) is 7.11 Å². The molecule has 2 rings (SSSR count). The van der Waals surface area contributed by atoms with Gasteiger partial charge in [-0.15, -0.1) is 11.3 Å². The number of halogens is 1. The molecule has 15 heavy (non-hydrogen) atoms. The Kier molecular flexibility index (Phi) is 2.67. The highest BCUT2D eigenvalue weighted by Gasteiger charge is 2.18. The molecule has 0 amide bonds. The zero-order valence-electron chi connectivity index (χ0n) is 7.78. The molecule has 0 radical (unpaired) electrons. The summed E-state index contributed by atoms with van der Waals surface area (Å²) in [6.07, 6.45) is 0. The SMILES string of the molecule is COC(=O)c1sc2ccc(Br)cc2c1O. The van der Waals surface area contributed by atoms with Gasteiger partial charge in [-0.3, -0.25) is 0 Å². The molecular weight excluding hydrogens is 280 g/mol. The molecule has 0 atom stereocenters. The lowest BCUT2D eigenvalue weighted by atomic mass is 10.2. The van der Waals surface area contributed by atoms with Crippen LogP contribution in [-0.4, -0.2) is 18.2 Å². The number of carbonyl (C=O) groups is 1. The molecule has 0 saturated carbocycles. The first kappa shape index (κ1) is 10.4. The minimum absolute atomic E-state index is 0.0110. The number of hydrogen-bond acceptors (Lipinski definition) is 4. The molecule has 78 valence electrons. The molecule has 0 fully saturated rings. The fourth-order valence-corrected chi connectivity index (χ4v) is 2.64. The van der Waals surface area contributed by atoms with E-state index in [0.29, 0.717) is 5.39 Å². The Labute approximate surface area is 98.4 Å². The van der Waals surface area contributed by atoms with Crippen LogP contribution in [0, 0.1) is 0 Å². The van der Waals surface area contributed by atoms with E-state index in [1.54, 1.807) is 6.07 Å². The summed E-state index contributed by atoms with van der Waals surface area (Å²) in [4.78, 5) is 11.5. The number of carbonyl (C=O) groups excluding carboxylic acids is 1. The molecule has 1 aromatic carbocycles. The number of benzene rings is 1. The van der Waals surface area contributed by atoms with Crippen LogP contribution in [0.15, 0.2) is 22.7 Å². The highest BCUT2D eigenvalue weighted by molar-refractivity contribution is 9.10. The third-order valence-corrected chi connectivity index (χ3v) is 3.63. The third kappa shape index (κ3) is 1.72. The summed E-state index contributed by atoms with van der Waals surface area (Å²) in [6.45, 7) is 0. The highest BCUT2D eigenvalue weighted by Crippen LogP contribution is 2.38. The number of esters is 1. The molecule has 1 N–H and O–H groups in total. The number of thiophene rings is 1. The Hall–Kier alpha value is -1.07. The zero-order valence-corrected chi connectivity index (χ0v) is 10.2. The molecule has 0 aliphatic carbocycles. The van der Waals surface area contributed by atoms with Crippen LogP contribution < -0.4 is 0 Å². The van der Waals surface area contributed by atoms with Crippen molar-refractivity contribution in [1.29, 1.82) is 0 Å². The Morgan fingerprint density at radius 3 is 2.93 bits per heavy atom. The van der Waals surface area contributed by atoms with Crippen molar-refractivity contribution in [3.8, 4) is 5.75 Å². The lowest BCUT2D eigenvalue weighted by molar-refractivity contribution is 0.0603. The molecule has 0 aliphatic heterocycles. The van der Waals surface area contributed by atoms with Crippen molar-refractivity contribution < 1.29 is 14.6 Å². The Morgan fingerprint density at radius 2 is 2.27 bits per heavy atom.